The second-order valence-corrected chi connectivity index (χ2v) is 3.38. The largest absolute Gasteiger partial charge is 0.508 e. The molecule has 1 unspecified atom stereocenters. The Bertz CT molecular complexity index is 349. The first-order valence-corrected chi connectivity index (χ1v) is 4.42. The summed E-state index contributed by atoms with van der Waals surface area (Å²) >= 11 is 0. The molecule has 0 bridgehead atoms. The van der Waals surface area contributed by atoms with E-state index in [1.165, 1.54) is 12.1 Å². The Hall–Kier alpha value is -1.23. The fourth-order valence-electron chi connectivity index (χ4n) is 1.30. The Morgan fingerprint density at radius 1 is 1.40 bits per heavy atom. The van der Waals surface area contributed by atoms with Crippen molar-refractivity contribution in [3.05, 3.63) is 29.3 Å². The van der Waals surface area contributed by atoms with Gasteiger partial charge >= 0.3 is 6.18 Å². The summed E-state index contributed by atoms with van der Waals surface area (Å²) in [6, 6.07) is 3.89. The molecule has 0 amide bonds. The zero-order valence-corrected chi connectivity index (χ0v) is 8.17. The molecule has 5 heteroatoms. The van der Waals surface area contributed by atoms with Gasteiger partial charge in [0, 0.05) is 6.54 Å². The van der Waals surface area contributed by atoms with Crippen molar-refractivity contribution >= 4 is 0 Å². The maximum absolute atomic E-state index is 12.5. The number of alkyl halides is 3. The van der Waals surface area contributed by atoms with Crippen molar-refractivity contribution in [1.29, 1.82) is 0 Å². The van der Waals surface area contributed by atoms with Gasteiger partial charge < -0.3 is 10.8 Å². The normalized spacial score (nSPS) is 13.9. The average Bonchev–Trinajstić information content (AvgIpc) is 2.10. The molecule has 0 saturated carbocycles. The third kappa shape index (κ3) is 2.62. The standard InChI is InChI=1S/C10H12F3NO/c1-6-2-3-7(4-9(6)15)8(5-14)10(11,12)13/h2-4,8,15H,5,14H2,1H3. The molecule has 0 radical (unpaired) electrons. The lowest BCUT2D eigenvalue weighted by atomic mass is 9.97. The van der Waals surface area contributed by atoms with Gasteiger partial charge in [0.1, 0.15) is 5.75 Å². The topological polar surface area (TPSA) is 46.2 Å². The van der Waals surface area contributed by atoms with Gasteiger partial charge in [-0.1, -0.05) is 12.1 Å². The summed E-state index contributed by atoms with van der Waals surface area (Å²) < 4.78 is 37.4. The molecule has 15 heavy (non-hydrogen) atoms. The summed E-state index contributed by atoms with van der Waals surface area (Å²) in [4.78, 5) is 0. The van der Waals surface area contributed by atoms with Gasteiger partial charge in [-0.15, -0.1) is 0 Å². The highest BCUT2D eigenvalue weighted by molar-refractivity contribution is 5.37. The van der Waals surface area contributed by atoms with E-state index in [1.54, 1.807) is 6.92 Å². The van der Waals surface area contributed by atoms with Crippen LogP contribution in [0.2, 0.25) is 0 Å². The Kier molecular flexibility index (Phi) is 3.24. The minimum absolute atomic E-state index is 0.00639. The van der Waals surface area contributed by atoms with Crippen LogP contribution in [0, 0.1) is 6.92 Å². The first-order chi connectivity index (χ1) is 6.86. The molecule has 2 nitrogen and oxygen atoms in total. The number of aryl methyl sites for hydroxylation is 1. The second kappa shape index (κ2) is 4.10. The summed E-state index contributed by atoms with van der Waals surface area (Å²) in [6.07, 6.45) is -4.38. The molecule has 1 aromatic carbocycles. The first kappa shape index (κ1) is 11.8. The van der Waals surface area contributed by atoms with Gasteiger partial charge in [-0.25, -0.2) is 0 Å². The van der Waals surface area contributed by atoms with Crippen molar-refractivity contribution in [2.24, 2.45) is 5.73 Å². The van der Waals surface area contributed by atoms with Gasteiger partial charge in [0.25, 0.3) is 0 Å². The summed E-state index contributed by atoms with van der Waals surface area (Å²) in [5, 5.41) is 9.30. The number of nitrogens with two attached hydrogens (primary N) is 1. The number of aromatic hydroxyl groups is 1. The van der Waals surface area contributed by atoms with Crippen molar-refractivity contribution in [3.8, 4) is 5.75 Å². The van der Waals surface area contributed by atoms with Crippen LogP contribution >= 0.6 is 0 Å². The molecule has 1 rings (SSSR count). The first-order valence-electron chi connectivity index (χ1n) is 4.42. The lowest BCUT2D eigenvalue weighted by Crippen LogP contribution is -2.27. The number of benzene rings is 1. The molecule has 0 saturated heterocycles. The predicted octanol–water partition coefficient (Wildman–Crippen LogP) is 2.31. The second-order valence-electron chi connectivity index (χ2n) is 3.38. The molecule has 0 aliphatic carbocycles. The highest BCUT2D eigenvalue weighted by Gasteiger charge is 2.39. The number of rotatable bonds is 2. The Morgan fingerprint density at radius 3 is 2.40 bits per heavy atom. The van der Waals surface area contributed by atoms with Crippen LogP contribution in [0.3, 0.4) is 0 Å². The van der Waals surface area contributed by atoms with Crippen LogP contribution in [-0.2, 0) is 0 Å². The summed E-state index contributed by atoms with van der Waals surface area (Å²) in [5.41, 5.74) is 5.61. The van der Waals surface area contributed by atoms with Crippen LogP contribution in [0.4, 0.5) is 13.2 Å². The van der Waals surface area contributed by atoms with Gasteiger partial charge in [-0.2, -0.15) is 13.2 Å². The van der Waals surface area contributed by atoms with Crippen LogP contribution < -0.4 is 5.73 Å². The molecule has 1 aromatic rings. The third-order valence-corrected chi connectivity index (χ3v) is 2.27. The number of phenolic OH excluding ortho intramolecular Hbond substituents is 1. The minimum atomic E-state index is -4.38. The van der Waals surface area contributed by atoms with Gasteiger partial charge in [0.05, 0.1) is 5.92 Å². The lowest BCUT2D eigenvalue weighted by Gasteiger charge is -2.19. The molecule has 0 fully saturated rings. The van der Waals surface area contributed by atoms with Gasteiger partial charge in [-0.05, 0) is 24.1 Å². The van der Waals surface area contributed by atoms with Crippen molar-refractivity contribution in [2.75, 3.05) is 6.54 Å². The van der Waals surface area contributed by atoms with Gasteiger partial charge in [0.15, 0.2) is 0 Å². The quantitative estimate of drug-likeness (QED) is 0.801. The van der Waals surface area contributed by atoms with E-state index in [0.29, 0.717) is 5.56 Å². The Balaban J connectivity index is 3.08. The number of phenols is 1. The molecule has 0 aliphatic rings. The fourth-order valence-corrected chi connectivity index (χ4v) is 1.30. The molecule has 3 N–H and O–H groups in total. The fraction of sp³-hybridized carbons (Fsp3) is 0.400. The molecule has 0 spiro atoms. The van der Waals surface area contributed by atoms with Crippen LogP contribution in [0.15, 0.2) is 18.2 Å². The van der Waals surface area contributed by atoms with E-state index in [9.17, 15) is 18.3 Å². The van der Waals surface area contributed by atoms with Crippen LogP contribution in [0.5, 0.6) is 5.75 Å². The van der Waals surface area contributed by atoms with Crippen LogP contribution in [0.25, 0.3) is 0 Å². The Labute approximate surface area is 85.5 Å². The Morgan fingerprint density at radius 2 is 2.00 bits per heavy atom. The van der Waals surface area contributed by atoms with Crippen molar-refractivity contribution < 1.29 is 18.3 Å². The summed E-state index contributed by atoms with van der Waals surface area (Å²) in [5.74, 6) is -1.86. The van der Waals surface area contributed by atoms with E-state index in [2.05, 4.69) is 0 Å². The third-order valence-electron chi connectivity index (χ3n) is 2.27. The molecular weight excluding hydrogens is 207 g/mol. The van der Waals surface area contributed by atoms with E-state index < -0.39 is 18.6 Å². The minimum Gasteiger partial charge on any atom is -0.508 e. The van der Waals surface area contributed by atoms with Crippen molar-refractivity contribution in [3.63, 3.8) is 0 Å². The molecule has 0 aliphatic heterocycles. The average molecular weight is 219 g/mol. The molecule has 1 atom stereocenters. The van der Waals surface area contributed by atoms with Crippen LogP contribution in [-0.4, -0.2) is 17.8 Å². The summed E-state index contributed by atoms with van der Waals surface area (Å²) in [7, 11) is 0. The molecule has 0 aromatic heterocycles. The molecule has 84 valence electrons. The summed E-state index contributed by atoms with van der Waals surface area (Å²) in [6.45, 7) is 1.09. The monoisotopic (exact) mass is 219 g/mol. The molecule has 0 heterocycles. The van der Waals surface area contributed by atoms with E-state index in [4.69, 9.17) is 5.73 Å². The van der Waals surface area contributed by atoms with Crippen molar-refractivity contribution in [2.45, 2.75) is 19.0 Å². The SMILES string of the molecule is Cc1ccc(C(CN)C(F)(F)F)cc1O. The van der Waals surface area contributed by atoms with Gasteiger partial charge in [0.2, 0.25) is 0 Å². The molecular formula is C10H12F3NO. The maximum Gasteiger partial charge on any atom is 0.396 e. The van der Waals surface area contributed by atoms with E-state index in [0.717, 1.165) is 6.07 Å². The van der Waals surface area contributed by atoms with E-state index in [1.807, 2.05) is 0 Å². The number of hydrogen-bond acceptors (Lipinski definition) is 2. The van der Waals surface area contributed by atoms with Crippen LogP contribution in [0.1, 0.15) is 17.0 Å². The van der Waals surface area contributed by atoms with Crippen molar-refractivity contribution in [1.82, 2.24) is 0 Å². The number of hydrogen-bond donors (Lipinski definition) is 2. The maximum atomic E-state index is 12.5. The predicted molar refractivity (Wildman–Crippen MR) is 50.7 cm³/mol. The van der Waals surface area contributed by atoms with E-state index in [-0.39, 0.29) is 11.3 Å². The zero-order valence-electron chi connectivity index (χ0n) is 8.17. The number of halogens is 3. The lowest BCUT2D eigenvalue weighted by molar-refractivity contribution is -0.148. The van der Waals surface area contributed by atoms with E-state index >= 15 is 0 Å². The highest BCUT2D eigenvalue weighted by atomic mass is 19.4. The smallest absolute Gasteiger partial charge is 0.396 e. The zero-order chi connectivity index (χ0) is 11.6. The van der Waals surface area contributed by atoms with Gasteiger partial charge in [-0.3, -0.25) is 0 Å². The highest BCUT2D eigenvalue weighted by Crippen LogP contribution is 2.35.